The van der Waals surface area contributed by atoms with Crippen molar-refractivity contribution in [1.82, 2.24) is 5.32 Å². The lowest BCUT2D eigenvalue weighted by Crippen LogP contribution is -2.35. The molecule has 0 aromatic heterocycles. The molecule has 4 nitrogen and oxygen atoms in total. The van der Waals surface area contributed by atoms with Crippen LogP contribution in [0.3, 0.4) is 0 Å². The highest BCUT2D eigenvalue weighted by Crippen LogP contribution is 2.44. The maximum Gasteiger partial charge on any atom is 0.319 e. The Morgan fingerprint density at radius 1 is 1.35 bits per heavy atom. The number of anilines is 1. The van der Waals surface area contributed by atoms with Gasteiger partial charge in [-0.05, 0) is 49.0 Å². The fourth-order valence-electron chi connectivity index (χ4n) is 1.99. The molecule has 0 bridgehead atoms. The summed E-state index contributed by atoms with van der Waals surface area (Å²) in [6, 6.07) is 7.73. The first-order valence-corrected chi connectivity index (χ1v) is 8.30. The van der Waals surface area contributed by atoms with Crippen LogP contribution in [0.5, 0.6) is 0 Å². The van der Waals surface area contributed by atoms with E-state index < -0.39 is 0 Å². The van der Waals surface area contributed by atoms with Crippen molar-refractivity contribution >= 4 is 23.5 Å². The minimum Gasteiger partial charge on any atom is -0.396 e. The molecule has 1 aliphatic carbocycles. The van der Waals surface area contributed by atoms with E-state index >= 15 is 0 Å². The van der Waals surface area contributed by atoms with Crippen molar-refractivity contribution in [3.8, 4) is 0 Å². The molecule has 0 saturated heterocycles. The zero-order valence-electron chi connectivity index (χ0n) is 11.8. The van der Waals surface area contributed by atoms with Crippen molar-refractivity contribution in [3.05, 3.63) is 29.8 Å². The number of aliphatic hydroxyl groups is 1. The van der Waals surface area contributed by atoms with Crippen LogP contribution < -0.4 is 10.6 Å². The van der Waals surface area contributed by atoms with E-state index in [4.69, 9.17) is 0 Å². The van der Waals surface area contributed by atoms with E-state index in [1.165, 1.54) is 5.56 Å². The number of hydrogen-bond acceptors (Lipinski definition) is 3. The van der Waals surface area contributed by atoms with Gasteiger partial charge < -0.3 is 15.7 Å². The predicted molar refractivity (Wildman–Crippen MR) is 84.3 cm³/mol. The molecule has 20 heavy (non-hydrogen) atoms. The highest BCUT2D eigenvalue weighted by molar-refractivity contribution is 7.98. The number of carbonyl (C=O) groups is 1. The molecule has 1 fully saturated rings. The first-order valence-electron chi connectivity index (χ1n) is 6.91. The molecule has 1 aromatic rings. The van der Waals surface area contributed by atoms with Gasteiger partial charge in [-0.15, -0.1) is 0 Å². The first-order chi connectivity index (χ1) is 9.67. The zero-order chi connectivity index (χ0) is 14.4. The third-order valence-electron chi connectivity index (χ3n) is 3.72. The van der Waals surface area contributed by atoms with Gasteiger partial charge in [0.2, 0.25) is 0 Å². The van der Waals surface area contributed by atoms with E-state index in [1.807, 2.05) is 36.0 Å². The Morgan fingerprint density at radius 2 is 2.05 bits per heavy atom. The van der Waals surface area contributed by atoms with E-state index in [0.29, 0.717) is 6.54 Å². The van der Waals surface area contributed by atoms with Crippen LogP contribution in [-0.2, 0) is 6.42 Å². The fourth-order valence-corrected chi connectivity index (χ4v) is 2.43. The van der Waals surface area contributed by atoms with Gasteiger partial charge in [-0.25, -0.2) is 4.79 Å². The number of urea groups is 1. The van der Waals surface area contributed by atoms with Crippen LogP contribution in [0.2, 0.25) is 0 Å². The van der Waals surface area contributed by atoms with Gasteiger partial charge in [-0.1, -0.05) is 12.1 Å². The number of thioether (sulfide) groups is 1. The number of benzene rings is 1. The maximum absolute atomic E-state index is 11.8. The summed E-state index contributed by atoms with van der Waals surface area (Å²) in [7, 11) is 0. The molecule has 2 rings (SSSR count). The average Bonchev–Trinajstić information content (AvgIpc) is 3.25. The van der Waals surface area contributed by atoms with Crippen molar-refractivity contribution in [2.75, 3.05) is 30.5 Å². The smallest absolute Gasteiger partial charge is 0.319 e. The van der Waals surface area contributed by atoms with Gasteiger partial charge in [-0.2, -0.15) is 11.8 Å². The van der Waals surface area contributed by atoms with Crippen molar-refractivity contribution in [3.63, 3.8) is 0 Å². The lowest BCUT2D eigenvalue weighted by Gasteiger charge is -2.13. The SMILES string of the molecule is CSCCc1ccc(NC(=O)NCC2(CO)CC2)cc1. The number of aryl methyl sites for hydroxylation is 1. The summed E-state index contributed by atoms with van der Waals surface area (Å²) in [6.07, 6.45) is 5.13. The molecule has 0 aliphatic heterocycles. The van der Waals surface area contributed by atoms with E-state index in [2.05, 4.69) is 16.9 Å². The van der Waals surface area contributed by atoms with Crippen LogP contribution in [0.1, 0.15) is 18.4 Å². The molecule has 0 unspecified atom stereocenters. The number of hydrogen-bond donors (Lipinski definition) is 3. The second-order valence-corrected chi connectivity index (χ2v) is 6.39. The van der Waals surface area contributed by atoms with E-state index in [1.54, 1.807) is 0 Å². The molecule has 0 radical (unpaired) electrons. The van der Waals surface area contributed by atoms with Crippen LogP contribution in [0.4, 0.5) is 10.5 Å². The maximum atomic E-state index is 11.8. The molecule has 0 atom stereocenters. The van der Waals surface area contributed by atoms with E-state index in [-0.39, 0.29) is 18.1 Å². The van der Waals surface area contributed by atoms with Gasteiger partial charge in [0.05, 0.1) is 6.61 Å². The summed E-state index contributed by atoms with van der Waals surface area (Å²) in [6.45, 7) is 0.693. The van der Waals surface area contributed by atoms with E-state index in [9.17, 15) is 9.90 Å². The Labute approximate surface area is 124 Å². The van der Waals surface area contributed by atoms with Crippen molar-refractivity contribution in [1.29, 1.82) is 0 Å². The highest BCUT2D eigenvalue weighted by Gasteiger charge is 2.42. The van der Waals surface area contributed by atoms with Gasteiger partial charge in [0.25, 0.3) is 0 Å². The van der Waals surface area contributed by atoms with Crippen LogP contribution >= 0.6 is 11.8 Å². The number of carbonyl (C=O) groups excluding carboxylic acids is 1. The highest BCUT2D eigenvalue weighted by atomic mass is 32.2. The molecule has 1 aliphatic rings. The summed E-state index contributed by atoms with van der Waals surface area (Å²) in [5.74, 6) is 1.11. The summed E-state index contributed by atoms with van der Waals surface area (Å²) in [5, 5.41) is 14.8. The van der Waals surface area contributed by atoms with Crippen LogP contribution in [0, 0.1) is 5.41 Å². The van der Waals surface area contributed by atoms with Gasteiger partial charge in [0, 0.05) is 17.6 Å². The number of rotatable bonds is 7. The second kappa shape index (κ2) is 6.99. The molecule has 3 N–H and O–H groups in total. The quantitative estimate of drug-likeness (QED) is 0.724. The Balaban J connectivity index is 1.76. The van der Waals surface area contributed by atoms with E-state index in [0.717, 1.165) is 30.7 Å². The molecular weight excluding hydrogens is 272 g/mol. The zero-order valence-corrected chi connectivity index (χ0v) is 12.6. The van der Waals surface area contributed by atoms with Crippen LogP contribution in [-0.4, -0.2) is 36.3 Å². The molecule has 0 spiro atoms. The van der Waals surface area contributed by atoms with Crippen LogP contribution in [0.25, 0.3) is 0 Å². The molecule has 0 heterocycles. The van der Waals surface area contributed by atoms with Crippen molar-refractivity contribution in [2.45, 2.75) is 19.3 Å². The molecule has 2 amide bonds. The molecule has 5 heteroatoms. The summed E-state index contributed by atoms with van der Waals surface area (Å²) < 4.78 is 0. The number of nitrogens with one attached hydrogen (secondary N) is 2. The van der Waals surface area contributed by atoms with Crippen LogP contribution in [0.15, 0.2) is 24.3 Å². The van der Waals surface area contributed by atoms with Gasteiger partial charge in [0.15, 0.2) is 0 Å². The largest absolute Gasteiger partial charge is 0.396 e. The standard InChI is InChI=1S/C15H22N2O2S/c1-20-9-6-12-2-4-13(5-3-12)17-14(19)16-10-15(11-18)7-8-15/h2-5,18H,6-11H2,1H3,(H2,16,17,19). The molecule has 1 aromatic carbocycles. The molecule has 1 saturated carbocycles. The van der Waals surface area contributed by atoms with Gasteiger partial charge >= 0.3 is 6.03 Å². The Morgan fingerprint density at radius 3 is 2.60 bits per heavy atom. The summed E-state index contributed by atoms with van der Waals surface area (Å²) >= 11 is 1.83. The van der Waals surface area contributed by atoms with Crippen molar-refractivity contribution in [2.24, 2.45) is 5.41 Å². The van der Waals surface area contributed by atoms with Gasteiger partial charge in [0.1, 0.15) is 0 Å². The normalized spacial score (nSPS) is 15.7. The Bertz CT molecular complexity index is 444. The lowest BCUT2D eigenvalue weighted by atomic mass is 10.1. The Kier molecular flexibility index (Phi) is 5.31. The minimum atomic E-state index is -0.207. The lowest BCUT2D eigenvalue weighted by molar-refractivity contribution is 0.206. The second-order valence-electron chi connectivity index (χ2n) is 5.41. The Hall–Kier alpha value is -1.20. The predicted octanol–water partition coefficient (Wildman–Crippen LogP) is 2.49. The van der Waals surface area contributed by atoms with Crippen molar-refractivity contribution < 1.29 is 9.90 Å². The summed E-state index contributed by atoms with van der Waals surface area (Å²) in [4.78, 5) is 11.8. The third-order valence-corrected chi connectivity index (χ3v) is 4.34. The first kappa shape index (κ1) is 15.2. The third kappa shape index (κ3) is 4.42. The topological polar surface area (TPSA) is 61.4 Å². The average molecular weight is 294 g/mol. The minimum absolute atomic E-state index is 0.0565. The van der Waals surface area contributed by atoms with Gasteiger partial charge in [-0.3, -0.25) is 0 Å². The molecule has 110 valence electrons. The monoisotopic (exact) mass is 294 g/mol. The fraction of sp³-hybridized carbons (Fsp3) is 0.533. The number of aliphatic hydroxyl groups excluding tert-OH is 1. The molecular formula is C15H22N2O2S. The summed E-state index contributed by atoms with van der Waals surface area (Å²) in [5.41, 5.74) is 2.02. The number of amides is 2.